The van der Waals surface area contributed by atoms with E-state index in [2.05, 4.69) is 0 Å². The molecule has 72 valence electrons. The number of hydrogen-bond acceptors (Lipinski definition) is 3. The van der Waals surface area contributed by atoms with Crippen LogP contribution in [0.25, 0.3) is 10.1 Å². The number of halogens is 2. The maximum Gasteiger partial charge on any atom is 0.491 e. The Labute approximate surface area is 97.7 Å². The minimum Gasteiger partial charge on any atom is -0.423 e. The van der Waals surface area contributed by atoms with Crippen molar-refractivity contribution in [2.24, 2.45) is 0 Å². The zero-order chi connectivity index (χ0) is 10.3. The molecule has 1 aromatic carbocycles. The monoisotopic (exact) mass is 322 g/mol. The van der Waals surface area contributed by atoms with Crippen LogP contribution in [0.15, 0.2) is 18.2 Å². The minimum absolute atomic E-state index is 0.367. The summed E-state index contributed by atoms with van der Waals surface area (Å²) < 4.78 is 14.6. The van der Waals surface area contributed by atoms with Gasteiger partial charge in [0, 0.05) is 10.2 Å². The van der Waals surface area contributed by atoms with E-state index in [9.17, 15) is 4.39 Å². The Balaban J connectivity index is 2.79. The molecule has 6 heteroatoms. The van der Waals surface area contributed by atoms with Gasteiger partial charge in [0.25, 0.3) is 0 Å². The number of thiophene rings is 1. The first-order valence-corrected chi connectivity index (χ1v) is 5.72. The Morgan fingerprint density at radius 1 is 1.36 bits per heavy atom. The van der Waals surface area contributed by atoms with Crippen molar-refractivity contribution >= 4 is 56.6 Å². The zero-order valence-electron chi connectivity index (χ0n) is 6.87. The minimum atomic E-state index is -1.54. The summed E-state index contributed by atoms with van der Waals surface area (Å²) in [6.45, 7) is 0. The van der Waals surface area contributed by atoms with E-state index < -0.39 is 7.12 Å². The third-order valence-corrected chi connectivity index (χ3v) is 4.12. The highest BCUT2D eigenvalue weighted by atomic mass is 127. The largest absolute Gasteiger partial charge is 0.491 e. The third-order valence-electron chi connectivity index (χ3n) is 1.90. The van der Waals surface area contributed by atoms with Crippen LogP contribution in [0, 0.1) is 8.70 Å². The van der Waals surface area contributed by atoms with Crippen molar-refractivity contribution in [1.29, 1.82) is 0 Å². The lowest BCUT2D eigenvalue weighted by atomic mass is 9.80. The number of hydrogen-bond donors (Lipinski definition) is 2. The van der Waals surface area contributed by atoms with E-state index in [1.165, 1.54) is 23.5 Å². The molecule has 0 spiro atoms. The SMILES string of the molecule is OB(O)c1c(I)sc2ccc(F)cc12. The highest BCUT2D eigenvalue weighted by molar-refractivity contribution is 14.1. The van der Waals surface area contributed by atoms with E-state index in [4.69, 9.17) is 10.0 Å². The molecular formula is C8H5BFIO2S. The Kier molecular flexibility index (Phi) is 2.78. The van der Waals surface area contributed by atoms with Crippen LogP contribution in [0.1, 0.15) is 0 Å². The second-order valence-corrected chi connectivity index (χ2v) is 5.67. The first-order valence-electron chi connectivity index (χ1n) is 3.83. The molecule has 1 heterocycles. The topological polar surface area (TPSA) is 40.5 Å². The summed E-state index contributed by atoms with van der Waals surface area (Å²) in [5, 5.41) is 18.8. The number of benzene rings is 1. The molecule has 1 aromatic heterocycles. The van der Waals surface area contributed by atoms with Gasteiger partial charge in [-0.25, -0.2) is 4.39 Å². The zero-order valence-corrected chi connectivity index (χ0v) is 9.84. The van der Waals surface area contributed by atoms with Gasteiger partial charge in [-0.05, 0) is 46.2 Å². The van der Waals surface area contributed by atoms with E-state index in [1.807, 2.05) is 22.6 Å². The van der Waals surface area contributed by atoms with Crippen molar-refractivity contribution < 1.29 is 14.4 Å². The van der Waals surface area contributed by atoms with Crippen LogP contribution in [-0.2, 0) is 0 Å². The number of rotatable bonds is 1. The summed E-state index contributed by atoms with van der Waals surface area (Å²) in [6.07, 6.45) is 0. The standard InChI is InChI=1S/C8H5BFIO2S/c10-4-1-2-6-5(3-4)7(9(12)13)8(11)14-6/h1-3,12-13H. The number of fused-ring (bicyclic) bond motifs is 1. The van der Waals surface area contributed by atoms with Crippen LogP contribution in [0.3, 0.4) is 0 Å². The molecule has 0 atom stereocenters. The molecule has 0 aliphatic carbocycles. The van der Waals surface area contributed by atoms with Gasteiger partial charge in [0.15, 0.2) is 0 Å². The van der Waals surface area contributed by atoms with Crippen molar-refractivity contribution in [3.05, 3.63) is 26.9 Å². The lowest BCUT2D eigenvalue weighted by molar-refractivity contribution is 0.426. The summed E-state index contributed by atoms with van der Waals surface area (Å²) in [4.78, 5) is 0. The fraction of sp³-hybridized carbons (Fsp3) is 0. The normalized spacial score (nSPS) is 10.9. The molecule has 0 aliphatic rings. The lowest BCUT2D eigenvalue weighted by Crippen LogP contribution is -2.31. The van der Waals surface area contributed by atoms with Gasteiger partial charge >= 0.3 is 7.12 Å². The molecule has 0 radical (unpaired) electrons. The smallest absolute Gasteiger partial charge is 0.423 e. The molecule has 0 saturated carbocycles. The molecule has 0 fully saturated rings. The second-order valence-electron chi connectivity index (χ2n) is 2.80. The van der Waals surface area contributed by atoms with Gasteiger partial charge in [-0.1, -0.05) is 0 Å². The van der Waals surface area contributed by atoms with Crippen LogP contribution in [0.5, 0.6) is 0 Å². The summed E-state index contributed by atoms with van der Waals surface area (Å²) in [6, 6.07) is 4.33. The maximum atomic E-state index is 12.9. The van der Waals surface area contributed by atoms with Crippen LogP contribution in [0.4, 0.5) is 4.39 Å². The fourth-order valence-corrected chi connectivity index (χ4v) is 3.51. The summed E-state index contributed by atoms with van der Waals surface area (Å²) >= 11 is 3.43. The maximum absolute atomic E-state index is 12.9. The van der Waals surface area contributed by atoms with Crippen LogP contribution in [0.2, 0.25) is 0 Å². The quantitative estimate of drug-likeness (QED) is 0.614. The van der Waals surface area contributed by atoms with Crippen LogP contribution < -0.4 is 5.46 Å². The van der Waals surface area contributed by atoms with E-state index in [-0.39, 0.29) is 5.82 Å². The molecular weight excluding hydrogens is 317 g/mol. The third kappa shape index (κ3) is 1.67. The van der Waals surface area contributed by atoms with Crippen molar-refractivity contribution in [2.45, 2.75) is 0 Å². The molecule has 0 amide bonds. The predicted octanol–water partition coefficient (Wildman–Crippen LogP) is 1.32. The molecule has 0 bridgehead atoms. The van der Waals surface area contributed by atoms with Gasteiger partial charge in [-0.15, -0.1) is 11.3 Å². The first kappa shape index (κ1) is 10.3. The van der Waals surface area contributed by atoms with Gasteiger partial charge in [0.2, 0.25) is 0 Å². The van der Waals surface area contributed by atoms with Crippen molar-refractivity contribution in [1.82, 2.24) is 0 Å². The van der Waals surface area contributed by atoms with Crippen LogP contribution >= 0.6 is 33.9 Å². The molecule has 2 N–H and O–H groups in total. The molecule has 2 aromatic rings. The second kappa shape index (κ2) is 3.76. The van der Waals surface area contributed by atoms with Crippen molar-refractivity contribution in [2.75, 3.05) is 0 Å². The Hall–Kier alpha value is -0.175. The van der Waals surface area contributed by atoms with Gasteiger partial charge in [0.05, 0.1) is 2.88 Å². The van der Waals surface area contributed by atoms with Gasteiger partial charge in [-0.2, -0.15) is 0 Å². The van der Waals surface area contributed by atoms with E-state index >= 15 is 0 Å². The summed E-state index contributed by atoms with van der Waals surface area (Å²) in [5.74, 6) is -0.367. The lowest BCUT2D eigenvalue weighted by Gasteiger charge is -1.97. The average molecular weight is 322 g/mol. The van der Waals surface area contributed by atoms with Gasteiger partial charge in [0.1, 0.15) is 5.82 Å². The van der Waals surface area contributed by atoms with E-state index in [0.717, 1.165) is 7.58 Å². The summed E-state index contributed by atoms with van der Waals surface area (Å²) in [5.41, 5.74) is 0.394. The highest BCUT2D eigenvalue weighted by Crippen LogP contribution is 2.25. The average Bonchev–Trinajstić information content (AvgIpc) is 2.40. The Morgan fingerprint density at radius 2 is 2.07 bits per heavy atom. The van der Waals surface area contributed by atoms with Crippen molar-refractivity contribution in [3.63, 3.8) is 0 Å². The van der Waals surface area contributed by atoms with Crippen molar-refractivity contribution in [3.8, 4) is 0 Å². The molecule has 2 rings (SSSR count). The fourth-order valence-electron chi connectivity index (χ4n) is 1.30. The van der Waals surface area contributed by atoms with Gasteiger partial charge < -0.3 is 10.0 Å². The van der Waals surface area contributed by atoms with Crippen LogP contribution in [-0.4, -0.2) is 17.2 Å². The molecule has 14 heavy (non-hydrogen) atoms. The highest BCUT2D eigenvalue weighted by Gasteiger charge is 2.21. The molecule has 0 saturated heterocycles. The summed E-state index contributed by atoms with van der Waals surface area (Å²) in [7, 11) is -1.54. The van der Waals surface area contributed by atoms with Gasteiger partial charge in [-0.3, -0.25) is 0 Å². The predicted molar refractivity (Wildman–Crippen MR) is 64.3 cm³/mol. The van der Waals surface area contributed by atoms with E-state index in [0.29, 0.717) is 10.8 Å². The molecule has 0 aliphatic heterocycles. The van der Waals surface area contributed by atoms with E-state index in [1.54, 1.807) is 6.07 Å². The Bertz CT molecular complexity index is 485. The first-order chi connectivity index (χ1) is 6.59. The molecule has 2 nitrogen and oxygen atoms in total. The molecule has 0 unspecified atom stereocenters. The Morgan fingerprint density at radius 3 is 2.71 bits per heavy atom.